The van der Waals surface area contributed by atoms with Crippen LogP contribution in [0.5, 0.6) is 0 Å². The van der Waals surface area contributed by atoms with E-state index in [0.717, 1.165) is 49.6 Å². The summed E-state index contributed by atoms with van der Waals surface area (Å²) in [6, 6.07) is 7.91. The molecule has 1 unspecified atom stereocenters. The van der Waals surface area contributed by atoms with Crippen molar-refractivity contribution in [3.8, 4) is 0 Å². The Kier molecular flexibility index (Phi) is 11.0. The van der Waals surface area contributed by atoms with Crippen molar-refractivity contribution in [1.82, 2.24) is 15.5 Å². The van der Waals surface area contributed by atoms with E-state index in [9.17, 15) is 0 Å². The van der Waals surface area contributed by atoms with Gasteiger partial charge in [0.2, 0.25) is 0 Å². The molecule has 5 nitrogen and oxygen atoms in total. The van der Waals surface area contributed by atoms with Crippen molar-refractivity contribution in [3.05, 3.63) is 41.0 Å². The second kappa shape index (κ2) is 12.7. The van der Waals surface area contributed by atoms with Crippen LogP contribution in [0.2, 0.25) is 0 Å². The molecule has 1 aromatic rings. The van der Waals surface area contributed by atoms with Gasteiger partial charge in [-0.15, -0.1) is 0 Å². The number of rotatable bonds is 9. The molecule has 0 aliphatic carbocycles. The zero-order valence-electron chi connectivity index (χ0n) is 31.5. The Hall–Kier alpha value is -1.98. The molecule has 0 radical (unpaired) electrons. The molecule has 0 aromatic carbocycles. The van der Waals surface area contributed by atoms with Gasteiger partial charge in [0.15, 0.2) is 0 Å². The van der Waals surface area contributed by atoms with E-state index in [1.54, 1.807) is 0 Å². The van der Waals surface area contributed by atoms with E-state index in [0.29, 0.717) is 5.35 Å². The van der Waals surface area contributed by atoms with E-state index < -0.39 is 5.54 Å². The van der Waals surface area contributed by atoms with Crippen LogP contribution in [-0.2, 0) is 0 Å². The Bertz CT molecular complexity index is 1270. The number of hydrogen-bond donors (Lipinski definition) is 2. The van der Waals surface area contributed by atoms with Crippen LogP contribution >= 0.6 is 0 Å². The van der Waals surface area contributed by atoms with Crippen molar-refractivity contribution in [3.63, 3.8) is 0 Å². The van der Waals surface area contributed by atoms with Crippen LogP contribution in [0.15, 0.2) is 30.5 Å². The molecule has 2 rings (SSSR count). The molecule has 0 bridgehead atoms. The first kappa shape index (κ1) is 38.2. The van der Waals surface area contributed by atoms with Crippen molar-refractivity contribution in [2.75, 3.05) is 11.4 Å². The summed E-state index contributed by atoms with van der Waals surface area (Å²) in [5.41, 5.74) is 7.23. The van der Waals surface area contributed by atoms with Gasteiger partial charge in [0.05, 0.1) is 17.2 Å². The van der Waals surface area contributed by atoms with Crippen LogP contribution in [0, 0.1) is 21.7 Å². The van der Waals surface area contributed by atoms with Gasteiger partial charge in [-0.1, -0.05) is 93.2 Å². The Labute approximate surface area is 271 Å². The summed E-state index contributed by atoms with van der Waals surface area (Å²) in [6.45, 7) is 45.7. The number of hydrogen-bond acceptors (Lipinski definition) is 5. The van der Waals surface area contributed by atoms with Gasteiger partial charge in [-0.25, -0.2) is 0 Å². The maximum absolute atomic E-state index is 7.96. The van der Waals surface area contributed by atoms with Crippen molar-refractivity contribution in [2.45, 2.75) is 158 Å². The molecule has 250 valence electrons. The van der Waals surface area contributed by atoms with Gasteiger partial charge in [-0.2, -0.15) is 10.2 Å². The molecule has 1 saturated heterocycles. The minimum atomic E-state index is -0.485. The van der Waals surface area contributed by atoms with Crippen molar-refractivity contribution >= 4 is 18.8 Å². The molecule has 1 fully saturated rings. The highest BCUT2D eigenvalue weighted by molar-refractivity contribution is 5.52. The highest BCUT2D eigenvalue weighted by Crippen LogP contribution is 2.72. The number of nitrogens with zero attached hydrogens (tertiary/aromatic N) is 3. The van der Waals surface area contributed by atoms with E-state index in [-0.39, 0.29) is 38.3 Å². The minimum absolute atomic E-state index is 0.0439. The zero-order chi connectivity index (χ0) is 34.2. The molecular formula is C39H69N5. The second-order valence-electron chi connectivity index (χ2n) is 17.9. The number of aromatic nitrogens is 2. The predicted octanol–water partition coefficient (Wildman–Crippen LogP) is 7.94. The van der Waals surface area contributed by atoms with Gasteiger partial charge in [0.1, 0.15) is 0 Å². The highest BCUT2D eigenvalue weighted by atomic mass is 15.3. The van der Waals surface area contributed by atoms with E-state index in [1.807, 2.05) is 24.4 Å². The Morgan fingerprint density at radius 3 is 1.84 bits per heavy atom. The zero-order valence-corrected chi connectivity index (χ0v) is 31.5. The van der Waals surface area contributed by atoms with E-state index in [1.165, 1.54) is 0 Å². The average Bonchev–Trinajstić information content (AvgIpc) is 2.76. The molecule has 3 N–H and O–H groups in total. The topological polar surface area (TPSA) is 67.1 Å². The second-order valence-corrected chi connectivity index (χ2v) is 17.9. The first-order chi connectivity index (χ1) is 19.8. The lowest BCUT2D eigenvalue weighted by atomic mass is 9.33. The van der Waals surface area contributed by atoms with E-state index in [2.05, 4.69) is 143 Å². The fourth-order valence-corrected chi connectivity index (χ4v) is 12.4. The van der Waals surface area contributed by atoms with Crippen LogP contribution in [0.25, 0.3) is 13.2 Å². The van der Waals surface area contributed by atoms with Gasteiger partial charge in [-0.05, 0) is 108 Å². The van der Waals surface area contributed by atoms with Crippen LogP contribution < -0.4 is 26.5 Å². The minimum Gasteiger partial charge on any atom is -0.359 e. The third-order valence-corrected chi connectivity index (χ3v) is 10.8. The molecule has 1 aliphatic rings. The molecule has 44 heavy (non-hydrogen) atoms. The fourth-order valence-electron chi connectivity index (χ4n) is 12.4. The van der Waals surface area contributed by atoms with Gasteiger partial charge >= 0.3 is 0 Å². The van der Waals surface area contributed by atoms with Crippen LogP contribution in [0.1, 0.15) is 136 Å². The number of nitrogens with one attached hydrogen (secondary N) is 1. The molecule has 1 aromatic heterocycles. The first-order valence-corrected chi connectivity index (χ1v) is 17.0. The Morgan fingerprint density at radius 1 is 0.864 bits per heavy atom. The first-order valence-electron chi connectivity index (χ1n) is 17.0. The molecule has 1 atom stereocenters. The van der Waals surface area contributed by atoms with Gasteiger partial charge < -0.3 is 16.0 Å². The molecule has 0 spiro atoms. The van der Waals surface area contributed by atoms with Gasteiger partial charge in [0.25, 0.3) is 0 Å². The van der Waals surface area contributed by atoms with E-state index in [4.69, 9.17) is 5.73 Å². The number of anilines is 1. The molecule has 0 amide bonds. The van der Waals surface area contributed by atoms with Crippen LogP contribution in [0.4, 0.5) is 5.69 Å². The Morgan fingerprint density at radius 2 is 1.36 bits per heavy atom. The monoisotopic (exact) mass is 608 g/mol. The molecule has 2 heterocycles. The average molecular weight is 608 g/mol. The molecule has 0 saturated carbocycles. The third kappa shape index (κ3) is 7.04. The summed E-state index contributed by atoms with van der Waals surface area (Å²) in [5.74, 6) is 0. The van der Waals surface area contributed by atoms with Crippen molar-refractivity contribution < 1.29 is 0 Å². The quantitative estimate of drug-likeness (QED) is 0.298. The summed E-state index contributed by atoms with van der Waals surface area (Å²) in [4.78, 5) is 2.59. The summed E-state index contributed by atoms with van der Waals surface area (Å²) in [7, 11) is 0. The van der Waals surface area contributed by atoms with Crippen molar-refractivity contribution in [1.29, 1.82) is 0 Å². The van der Waals surface area contributed by atoms with Crippen LogP contribution in [-0.4, -0.2) is 38.9 Å². The largest absolute Gasteiger partial charge is 0.359 e. The van der Waals surface area contributed by atoms with Gasteiger partial charge in [0, 0.05) is 27.6 Å². The fraction of sp³-hybridized carbons (Fsp3) is 0.744. The predicted molar refractivity (Wildman–Crippen MR) is 193 cm³/mol. The normalized spacial score (nSPS) is 22.2. The summed E-state index contributed by atoms with van der Waals surface area (Å²) < 4.78 is 0. The lowest BCUT2D eigenvalue weighted by Crippen LogP contribution is -2.77. The number of nitrogens with two attached hydrogens (primary N) is 1. The third-order valence-electron chi connectivity index (χ3n) is 10.8. The van der Waals surface area contributed by atoms with Crippen molar-refractivity contribution in [2.24, 2.45) is 27.4 Å². The summed E-state index contributed by atoms with van der Waals surface area (Å²) in [6.07, 6.45) is 6.88. The maximum Gasteiger partial charge on any atom is 0.0785 e. The highest BCUT2D eigenvalue weighted by Gasteiger charge is 2.71. The molecular weight excluding hydrogens is 538 g/mol. The lowest BCUT2D eigenvalue weighted by Gasteiger charge is -2.74. The maximum atomic E-state index is 7.96. The molecule has 1 aliphatic heterocycles. The summed E-state index contributed by atoms with van der Waals surface area (Å²) in [5, 5.41) is 14.2. The SMILES string of the molecule is C=c1ccccc(=C)c(N2C(C)(C)CC(C)(C)C(C(C)(C)CCC)(C(C)(N)CC(C)(C)NCC)C(C)(C)CC2(C)C)cnn1. The standard InChI is InChI=1S/C39H69N5/c1-18-24-32(5,6)39(38(17,40)28-35(11,12)41-19-2)33(7,8)26-36(13,14)44(37(15,16)27-34(39,9)10)31-25-42-43-30(4)23-21-20-22-29(31)3/h20-23,25,41H,3-4,18-19,24,26-28,40H2,1-2,5-17H3. The van der Waals surface area contributed by atoms with Crippen LogP contribution in [0.3, 0.4) is 0 Å². The van der Waals surface area contributed by atoms with Gasteiger partial charge in [-0.3, -0.25) is 0 Å². The molecule has 5 heteroatoms. The Balaban J connectivity index is 3.09. The smallest absolute Gasteiger partial charge is 0.0785 e. The summed E-state index contributed by atoms with van der Waals surface area (Å²) >= 11 is 0. The van der Waals surface area contributed by atoms with E-state index >= 15 is 0 Å². The lowest BCUT2D eigenvalue weighted by molar-refractivity contribution is -0.218.